The van der Waals surface area contributed by atoms with Crippen LogP contribution in [0, 0.1) is 0 Å². The number of benzene rings is 2. The fourth-order valence-electron chi connectivity index (χ4n) is 4.00. The van der Waals surface area contributed by atoms with Crippen LogP contribution in [0.25, 0.3) is 0 Å². The third kappa shape index (κ3) is 2.02. The average Bonchev–Trinajstić information content (AvgIpc) is 3.18. The van der Waals surface area contributed by atoms with E-state index in [0.29, 0.717) is 41.7 Å². The average molecular weight is 367 g/mol. The molecule has 0 bridgehead atoms. The molecule has 138 valence electrons. The second-order valence-corrected chi connectivity index (χ2v) is 6.54. The van der Waals surface area contributed by atoms with E-state index in [2.05, 4.69) is 0 Å². The van der Waals surface area contributed by atoms with Gasteiger partial charge in [0.05, 0.1) is 12.3 Å². The predicted octanol–water partition coefficient (Wildman–Crippen LogP) is 2.64. The fraction of sp³-hybridized carbons (Fsp3) is 0.300. The zero-order valence-corrected chi connectivity index (χ0v) is 14.7. The minimum absolute atomic E-state index is 0.108. The summed E-state index contributed by atoms with van der Waals surface area (Å²) < 4.78 is 22.3. The monoisotopic (exact) mass is 367 g/mol. The van der Waals surface area contributed by atoms with Gasteiger partial charge in [-0.1, -0.05) is 18.2 Å². The molecule has 1 unspecified atom stereocenters. The van der Waals surface area contributed by atoms with Crippen LogP contribution in [-0.4, -0.2) is 38.4 Å². The highest BCUT2D eigenvalue weighted by Crippen LogP contribution is 2.54. The Labute approximate surface area is 155 Å². The van der Waals surface area contributed by atoms with Crippen molar-refractivity contribution in [3.05, 3.63) is 47.5 Å². The van der Waals surface area contributed by atoms with Crippen molar-refractivity contribution in [2.75, 3.05) is 31.3 Å². The Kier molecular flexibility index (Phi) is 3.34. The van der Waals surface area contributed by atoms with Gasteiger partial charge < -0.3 is 18.9 Å². The van der Waals surface area contributed by atoms with Crippen LogP contribution < -0.4 is 19.1 Å². The first-order chi connectivity index (χ1) is 13.2. The second kappa shape index (κ2) is 5.64. The molecule has 5 rings (SSSR count). The largest absolute Gasteiger partial charge is 0.491 e. The molecule has 1 spiro atoms. The van der Waals surface area contributed by atoms with Gasteiger partial charge in [-0.3, -0.25) is 4.79 Å². The van der Waals surface area contributed by atoms with Gasteiger partial charge in [0.2, 0.25) is 0 Å². The highest BCUT2D eigenvalue weighted by Gasteiger charge is 2.59. The molecule has 2 amide bonds. The Bertz CT molecular complexity index is 971. The van der Waals surface area contributed by atoms with Crippen LogP contribution in [-0.2, 0) is 14.9 Å². The first-order valence-electron chi connectivity index (χ1n) is 8.84. The van der Waals surface area contributed by atoms with Gasteiger partial charge in [0, 0.05) is 17.2 Å². The molecule has 3 aliphatic heterocycles. The molecular formula is C20H17NO6. The van der Waals surface area contributed by atoms with E-state index in [4.69, 9.17) is 18.9 Å². The summed E-state index contributed by atoms with van der Waals surface area (Å²) in [6, 6.07) is 10.8. The van der Waals surface area contributed by atoms with Crippen LogP contribution in [0.3, 0.4) is 0 Å². The lowest BCUT2D eigenvalue weighted by atomic mass is 9.77. The topological polar surface area (TPSA) is 74.3 Å². The number of hydrogen-bond acceptors (Lipinski definition) is 6. The molecule has 0 aliphatic carbocycles. The summed E-state index contributed by atoms with van der Waals surface area (Å²) in [5.41, 5.74) is 0.816. The molecule has 0 fully saturated rings. The van der Waals surface area contributed by atoms with Gasteiger partial charge in [-0.15, -0.1) is 0 Å². The molecule has 0 saturated heterocycles. The molecule has 0 N–H and O–H groups in total. The van der Waals surface area contributed by atoms with Crippen molar-refractivity contribution < 1.29 is 28.5 Å². The minimum Gasteiger partial charge on any atom is -0.491 e. The number of imide groups is 1. The number of ether oxygens (including phenoxy) is 4. The van der Waals surface area contributed by atoms with Gasteiger partial charge in [0.15, 0.2) is 11.5 Å². The molecule has 3 aliphatic rings. The highest BCUT2D eigenvalue weighted by molar-refractivity contribution is 6.23. The molecule has 0 saturated carbocycles. The van der Waals surface area contributed by atoms with Crippen molar-refractivity contribution in [3.8, 4) is 17.2 Å². The lowest BCUT2D eigenvalue weighted by molar-refractivity contribution is -0.121. The van der Waals surface area contributed by atoms with Gasteiger partial charge in [-0.05, 0) is 19.1 Å². The zero-order valence-electron chi connectivity index (χ0n) is 14.7. The predicted molar refractivity (Wildman–Crippen MR) is 94.7 cm³/mol. The summed E-state index contributed by atoms with van der Waals surface area (Å²) in [7, 11) is 0. The summed E-state index contributed by atoms with van der Waals surface area (Å²) in [5.74, 6) is 1.36. The SMILES string of the molecule is CCOC(=O)N1C(=O)C2(COc3cc4c(cc32)OCCO4)c2ccccc21. The first-order valence-corrected chi connectivity index (χ1v) is 8.84. The van der Waals surface area contributed by atoms with Crippen LogP contribution in [0.5, 0.6) is 17.2 Å². The number of anilines is 1. The number of carbonyl (C=O) groups excluding carboxylic acids is 2. The Balaban J connectivity index is 1.70. The second-order valence-electron chi connectivity index (χ2n) is 6.54. The van der Waals surface area contributed by atoms with Crippen LogP contribution in [0.1, 0.15) is 18.1 Å². The van der Waals surface area contributed by atoms with Crippen molar-refractivity contribution in [2.24, 2.45) is 0 Å². The van der Waals surface area contributed by atoms with E-state index < -0.39 is 11.5 Å². The third-order valence-electron chi connectivity index (χ3n) is 5.17. The van der Waals surface area contributed by atoms with E-state index in [0.717, 1.165) is 10.5 Å². The maximum Gasteiger partial charge on any atom is 0.421 e. The lowest BCUT2D eigenvalue weighted by Gasteiger charge is -2.24. The Morgan fingerprint density at radius 3 is 2.59 bits per heavy atom. The van der Waals surface area contributed by atoms with Gasteiger partial charge >= 0.3 is 6.09 Å². The fourth-order valence-corrected chi connectivity index (χ4v) is 4.00. The van der Waals surface area contributed by atoms with Gasteiger partial charge in [-0.25, -0.2) is 9.69 Å². The lowest BCUT2D eigenvalue weighted by Crippen LogP contribution is -2.45. The minimum atomic E-state index is -1.10. The van der Waals surface area contributed by atoms with E-state index in [1.807, 2.05) is 12.1 Å². The molecule has 2 aromatic rings. The van der Waals surface area contributed by atoms with Crippen molar-refractivity contribution in [1.29, 1.82) is 0 Å². The molecule has 7 heteroatoms. The molecule has 3 heterocycles. The van der Waals surface area contributed by atoms with Crippen molar-refractivity contribution in [2.45, 2.75) is 12.3 Å². The summed E-state index contributed by atoms with van der Waals surface area (Å²) >= 11 is 0. The number of amides is 2. The Hall–Kier alpha value is -3.22. The molecule has 1 atom stereocenters. The first kappa shape index (κ1) is 16.0. The van der Waals surface area contributed by atoms with E-state index in [9.17, 15) is 9.59 Å². The quantitative estimate of drug-likeness (QED) is 0.771. The van der Waals surface area contributed by atoms with Crippen molar-refractivity contribution >= 4 is 17.7 Å². The Morgan fingerprint density at radius 1 is 1.07 bits per heavy atom. The number of hydrogen-bond donors (Lipinski definition) is 0. The van der Waals surface area contributed by atoms with Crippen LogP contribution in [0.4, 0.5) is 10.5 Å². The number of rotatable bonds is 1. The smallest absolute Gasteiger partial charge is 0.421 e. The molecule has 27 heavy (non-hydrogen) atoms. The zero-order chi connectivity index (χ0) is 18.6. The summed E-state index contributed by atoms with van der Waals surface area (Å²) in [5, 5.41) is 0. The number of nitrogens with zero attached hydrogens (tertiary/aromatic N) is 1. The van der Waals surface area contributed by atoms with Crippen LogP contribution in [0.2, 0.25) is 0 Å². The molecule has 7 nitrogen and oxygen atoms in total. The summed E-state index contributed by atoms with van der Waals surface area (Å²) in [6.45, 7) is 2.91. The standard InChI is InChI=1S/C20H17NO6/c1-2-24-19(23)21-14-6-4-3-5-12(14)20(18(21)22)11-27-15-10-17-16(9-13(15)20)25-7-8-26-17/h3-6,9-10H,2,7-8,11H2,1H3. The Morgan fingerprint density at radius 2 is 1.81 bits per heavy atom. The maximum absolute atomic E-state index is 13.5. The van der Waals surface area contributed by atoms with Crippen molar-refractivity contribution in [3.63, 3.8) is 0 Å². The molecule has 2 aromatic carbocycles. The van der Waals surface area contributed by atoms with E-state index in [1.165, 1.54) is 0 Å². The molecule has 0 aromatic heterocycles. The van der Waals surface area contributed by atoms with E-state index in [-0.39, 0.29) is 19.1 Å². The maximum atomic E-state index is 13.5. The normalized spacial score (nSPS) is 21.7. The van der Waals surface area contributed by atoms with E-state index >= 15 is 0 Å². The van der Waals surface area contributed by atoms with Gasteiger partial charge in [0.25, 0.3) is 5.91 Å². The van der Waals surface area contributed by atoms with Crippen LogP contribution in [0.15, 0.2) is 36.4 Å². The van der Waals surface area contributed by atoms with E-state index in [1.54, 1.807) is 31.2 Å². The summed E-state index contributed by atoms with van der Waals surface area (Å²) in [4.78, 5) is 27.1. The molecular weight excluding hydrogens is 350 g/mol. The number of fused-ring (bicyclic) bond motifs is 5. The van der Waals surface area contributed by atoms with Gasteiger partial charge in [-0.2, -0.15) is 0 Å². The van der Waals surface area contributed by atoms with Gasteiger partial charge in [0.1, 0.15) is 31.0 Å². The molecule has 0 radical (unpaired) electrons. The number of carbonyl (C=O) groups is 2. The van der Waals surface area contributed by atoms with Crippen molar-refractivity contribution in [1.82, 2.24) is 0 Å². The van der Waals surface area contributed by atoms with Crippen LogP contribution >= 0.6 is 0 Å². The number of para-hydroxylation sites is 1. The summed E-state index contributed by atoms with van der Waals surface area (Å²) in [6.07, 6.45) is -0.683. The highest BCUT2D eigenvalue weighted by atomic mass is 16.6. The third-order valence-corrected chi connectivity index (χ3v) is 5.17.